The lowest BCUT2D eigenvalue weighted by Gasteiger charge is -2.19. The van der Waals surface area contributed by atoms with Crippen molar-refractivity contribution in [3.63, 3.8) is 0 Å². The summed E-state index contributed by atoms with van der Waals surface area (Å²) in [4.78, 5) is 0. The maximum atomic E-state index is 13.0. The van der Waals surface area contributed by atoms with Crippen LogP contribution in [0.4, 0.5) is 26.3 Å². The number of alkyl halides is 6. The van der Waals surface area contributed by atoms with Crippen molar-refractivity contribution < 1.29 is 36.2 Å². The first-order chi connectivity index (χ1) is 12.4. The molecule has 0 spiro atoms. The van der Waals surface area contributed by atoms with Crippen molar-refractivity contribution in [2.45, 2.75) is 24.5 Å². The maximum absolute atomic E-state index is 13.0. The molecule has 3 N–H and O–H groups in total. The summed E-state index contributed by atoms with van der Waals surface area (Å²) < 4.78 is 82.5. The van der Waals surface area contributed by atoms with Crippen LogP contribution in [-0.2, 0) is 17.1 Å². The van der Waals surface area contributed by atoms with Crippen molar-refractivity contribution in [2.75, 3.05) is 13.7 Å². The Hall–Kier alpha value is -2.10. The predicted molar refractivity (Wildman–Crippen MR) is 86.7 cm³/mol. The van der Waals surface area contributed by atoms with Crippen LogP contribution in [-0.4, -0.2) is 24.9 Å². The van der Waals surface area contributed by atoms with Crippen LogP contribution in [0.5, 0.6) is 0 Å². The molecule has 0 fully saturated rings. The quantitative estimate of drug-likeness (QED) is 0.741. The Labute approximate surface area is 151 Å². The fourth-order valence-electron chi connectivity index (χ4n) is 2.52. The molecule has 0 aliphatic carbocycles. The van der Waals surface area contributed by atoms with Gasteiger partial charge < -0.3 is 15.6 Å². The third-order valence-electron chi connectivity index (χ3n) is 3.97. The molecule has 2 aromatic carbocycles. The fourth-order valence-corrected chi connectivity index (χ4v) is 2.52. The molecule has 27 heavy (non-hydrogen) atoms. The van der Waals surface area contributed by atoms with Gasteiger partial charge in [0.1, 0.15) is 0 Å². The van der Waals surface area contributed by atoms with Crippen LogP contribution in [0.15, 0.2) is 42.5 Å². The number of hydrogen-bond donors (Lipinski definition) is 2. The third-order valence-corrected chi connectivity index (χ3v) is 3.97. The van der Waals surface area contributed by atoms with E-state index in [1.165, 1.54) is 31.4 Å². The van der Waals surface area contributed by atoms with Crippen LogP contribution in [0.3, 0.4) is 0 Å². The van der Waals surface area contributed by atoms with E-state index in [4.69, 9.17) is 10.5 Å². The Bertz CT molecular complexity index is 739. The first-order valence-corrected chi connectivity index (χ1v) is 7.76. The summed E-state index contributed by atoms with van der Waals surface area (Å²) in [5.74, 6) is 0. The Balaban J connectivity index is 2.43. The van der Waals surface area contributed by atoms with Gasteiger partial charge >= 0.3 is 12.4 Å². The average molecular weight is 393 g/mol. The molecule has 0 aromatic heterocycles. The topological polar surface area (TPSA) is 55.5 Å². The van der Waals surface area contributed by atoms with Crippen molar-refractivity contribution in [1.82, 2.24) is 0 Å². The Morgan fingerprint density at radius 1 is 0.889 bits per heavy atom. The summed E-state index contributed by atoms with van der Waals surface area (Å²) in [6, 6.07) is 6.15. The molecule has 0 aliphatic heterocycles. The first kappa shape index (κ1) is 21.2. The summed E-state index contributed by atoms with van der Waals surface area (Å²) in [5.41, 5.74) is 3.47. The minimum absolute atomic E-state index is 0.0223. The molecular formula is C18H17F6NO2. The molecule has 0 saturated heterocycles. The number of rotatable bonds is 5. The molecule has 0 heterocycles. The van der Waals surface area contributed by atoms with E-state index in [1.807, 2.05) is 0 Å². The van der Waals surface area contributed by atoms with Crippen LogP contribution >= 0.6 is 0 Å². The lowest BCUT2D eigenvalue weighted by atomic mass is 9.96. The number of ether oxygens (including phenoxy) is 1. The van der Waals surface area contributed by atoms with Crippen LogP contribution < -0.4 is 5.73 Å². The highest BCUT2D eigenvalue weighted by atomic mass is 19.4. The molecule has 0 amide bonds. The van der Waals surface area contributed by atoms with E-state index in [0.29, 0.717) is 17.7 Å². The zero-order chi connectivity index (χ0) is 20.4. The zero-order valence-electron chi connectivity index (χ0n) is 14.1. The van der Waals surface area contributed by atoms with E-state index >= 15 is 0 Å². The van der Waals surface area contributed by atoms with E-state index in [-0.39, 0.29) is 23.8 Å². The normalized spacial score (nSPS) is 14.9. The minimum Gasteiger partial charge on any atom is -0.389 e. The van der Waals surface area contributed by atoms with Gasteiger partial charge in [-0.05, 0) is 34.9 Å². The highest BCUT2D eigenvalue weighted by molar-refractivity contribution is 5.66. The number of halogens is 6. The second kappa shape index (κ2) is 7.87. The van der Waals surface area contributed by atoms with Gasteiger partial charge in [0, 0.05) is 7.11 Å². The largest absolute Gasteiger partial charge is 0.416 e. The van der Waals surface area contributed by atoms with Gasteiger partial charge in [-0.2, -0.15) is 26.3 Å². The standard InChI is InChI=1S/C18H17F6NO2/c1-27-9-15(26)16(25)11-4-2-10(3-5-11)12-6-13(17(19,20)21)8-14(7-12)18(22,23)24/h2-8,15-16,26H,9,25H2,1H3/t15-,16+/m0/s1. The number of benzene rings is 2. The van der Waals surface area contributed by atoms with Gasteiger partial charge in [0.2, 0.25) is 0 Å². The Kier molecular flexibility index (Phi) is 6.18. The van der Waals surface area contributed by atoms with Gasteiger partial charge in [-0.25, -0.2) is 0 Å². The first-order valence-electron chi connectivity index (χ1n) is 7.76. The van der Waals surface area contributed by atoms with E-state index < -0.39 is 35.6 Å². The fraction of sp³-hybridized carbons (Fsp3) is 0.333. The molecule has 2 rings (SSSR count). The van der Waals surface area contributed by atoms with Crippen LogP contribution in [0.25, 0.3) is 11.1 Å². The van der Waals surface area contributed by atoms with Crippen molar-refractivity contribution >= 4 is 0 Å². The number of aliphatic hydroxyl groups is 1. The van der Waals surface area contributed by atoms with Crippen molar-refractivity contribution in [3.8, 4) is 11.1 Å². The molecule has 0 aliphatic rings. The lowest BCUT2D eigenvalue weighted by molar-refractivity contribution is -0.143. The number of aliphatic hydroxyl groups excluding tert-OH is 1. The second-order valence-electron chi connectivity index (χ2n) is 5.97. The van der Waals surface area contributed by atoms with Gasteiger partial charge in [-0.15, -0.1) is 0 Å². The van der Waals surface area contributed by atoms with Crippen LogP contribution in [0.1, 0.15) is 22.7 Å². The molecule has 9 heteroatoms. The van der Waals surface area contributed by atoms with E-state index in [2.05, 4.69) is 0 Å². The smallest absolute Gasteiger partial charge is 0.389 e. The van der Waals surface area contributed by atoms with E-state index in [9.17, 15) is 31.4 Å². The minimum atomic E-state index is -4.91. The molecular weight excluding hydrogens is 376 g/mol. The van der Waals surface area contributed by atoms with Crippen molar-refractivity contribution in [3.05, 3.63) is 59.2 Å². The second-order valence-corrected chi connectivity index (χ2v) is 5.97. The highest BCUT2D eigenvalue weighted by Crippen LogP contribution is 2.38. The Morgan fingerprint density at radius 2 is 1.37 bits per heavy atom. The van der Waals surface area contributed by atoms with Gasteiger partial charge in [0.25, 0.3) is 0 Å². The third kappa shape index (κ3) is 5.21. The Morgan fingerprint density at radius 3 is 1.78 bits per heavy atom. The van der Waals surface area contributed by atoms with Crippen LogP contribution in [0.2, 0.25) is 0 Å². The SMILES string of the molecule is COC[C@H](O)[C@H](N)c1ccc(-c2cc(C(F)(F)F)cc(C(F)(F)F)c2)cc1. The highest BCUT2D eigenvalue weighted by Gasteiger charge is 2.37. The summed E-state index contributed by atoms with van der Waals surface area (Å²) in [7, 11) is 1.38. The number of nitrogens with two attached hydrogens (primary N) is 1. The molecule has 0 radical (unpaired) electrons. The molecule has 0 saturated carbocycles. The molecule has 0 unspecified atom stereocenters. The molecule has 3 nitrogen and oxygen atoms in total. The van der Waals surface area contributed by atoms with Crippen LogP contribution in [0, 0.1) is 0 Å². The van der Waals surface area contributed by atoms with Crippen molar-refractivity contribution in [1.29, 1.82) is 0 Å². The summed E-state index contributed by atoms with van der Waals surface area (Å²) >= 11 is 0. The molecule has 0 bridgehead atoms. The number of hydrogen-bond acceptors (Lipinski definition) is 3. The van der Waals surface area contributed by atoms with Crippen molar-refractivity contribution in [2.24, 2.45) is 5.73 Å². The van der Waals surface area contributed by atoms with Gasteiger partial charge in [0.05, 0.1) is 29.9 Å². The molecule has 2 atom stereocenters. The molecule has 148 valence electrons. The monoisotopic (exact) mass is 393 g/mol. The summed E-state index contributed by atoms with van der Waals surface area (Å²) in [5, 5.41) is 9.81. The lowest BCUT2D eigenvalue weighted by Crippen LogP contribution is -2.29. The van der Waals surface area contributed by atoms with Gasteiger partial charge in [0.15, 0.2) is 0 Å². The number of methoxy groups -OCH3 is 1. The summed E-state index contributed by atoms with van der Waals surface area (Å²) in [6.45, 7) is -0.0223. The van der Waals surface area contributed by atoms with E-state index in [0.717, 1.165) is 0 Å². The average Bonchev–Trinajstić information content (AvgIpc) is 2.59. The van der Waals surface area contributed by atoms with E-state index in [1.54, 1.807) is 0 Å². The van der Waals surface area contributed by atoms with Gasteiger partial charge in [-0.3, -0.25) is 0 Å². The predicted octanol–water partition coefficient (Wildman–Crippen LogP) is 4.40. The molecule has 2 aromatic rings. The maximum Gasteiger partial charge on any atom is 0.416 e. The van der Waals surface area contributed by atoms with Gasteiger partial charge in [-0.1, -0.05) is 24.3 Å². The summed E-state index contributed by atoms with van der Waals surface area (Å²) in [6.07, 6.45) is -10.8. The zero-order valence-corrected chi connectivity index (χ0v) is 14.1.